The van der Waals surface area contributed by atoms with Crippen LogP contribution < -0.4 is 5.32 Å². The Bertz CT molecular complexity index is 476. The summed E-state index contributed by atoms with van der Waals surface area (Å²) in [5.74, 6) is 1.01. The Morgan fingerprint density at radius 2 is 1.94 bits per heavy atom. The smallest absolute Gasteiger partial charge is 0.120 e. The summed E-state index contributed by atoms with van der Waals surface area (Å²) in [7, 11) is 0. The predicted octanol–water partition coefficient (Wildman–Crippen LogP) is 4.39. The first kappa shape index (κ1) is 12.9. The van der Waals surface area contributed by atoms with Gasteiger partial charge < -0.3 is 9.73 Å². The standard InChI is InChI=1S/C16H21NO/c1-4-15(16-10-7-11-18-16)17-13(3)14-9-6-5-8-12(14)2/h5-11,13,15,17H,4H2,1-3H3/t13-,15?/m0/s1. The average Bonchev–Trinajstić information content (AvgIpc) is 2.90. The van der Waals surface area contributed by atoms with Crippen LogP contribution >= 0.6 is 0 Å². The number of hydrogen-bond donors (Lipinski definition) is 1. The quantitative estimate of drug-likeness (QED) is 0.842. The second-order valence-corrected chi connectivity index (χ2v) is 4.72. The molecule has 2 aromatic rings. The van der Waals surface area contributed by atoms with E-state index >= 15 is 0 Å². The van der Waals surface area contributed by atoms with Crippen molar-refractivity contribution in [1.29, 1.82) is 0 Å². The summed E-state index contributed by atoms with van der Waals surface area (Å²) in [5, 5.41) is 3.63. The van der Waals surface area contributed by atoms with Gasteiger partial charge in [0.25, 0.3) is 0 Å². The second kappa shape index (κ2) is 5.87. The van der Waals surface area contributed by atoms with Crippen LogP contribution in [0.15, 0.2) is 47.1 Å². The van der Waals surface area contributed by atoms with Gasteiger partial charge in [0, 0.05) is 6.04 Å². The molecule has 0 fully saturated rings. The van der Waals surface area contributed by atoms with Gasteiger partial charge in [-0.3, -0.25) is 0 Å². The maximum absolute atomic E-state index is 5.49. The molecule has 18 heavy (non-hydrogen) atoms. The van der Waals surface area contributed by atoms with E-state index in [9.17, 15) is 0 Å². The van der Waals surface area contributed by atoms with Gasteiger partial charge >= 0.3 is 0 Å². The van der Waals surface area contributed by atoms with Crippen LogP contribution in [-0.2, 0) is 0 Å². The summed E-state index contributed by atoms with van der Waals surface area (Å²) in [6.07, 6.45) is 2.75. The van der Waals surface area contributed by atoms with E-state index in [1.165, 1.54) is 11.1 Å². The molecule has 0 saturated heterocycles. The van der Waals surface area contributed by atoms with Crippen molar-refractivity contribution in [3.8, 4) is 0 Å². The molecule has 0 bridgehead atoms. The van der Waals surface area contributed by atoms with E-state index in [0.29, 0.717) is 6.04 Å². The molecule has 0 aliphatic heterocycles. The minimum Gasteiger partial charge on any atom is -0.468 e. The molecule has 2 heteroatoms. The molecule has 0 aliphatic carbocycles. The minimum absolute atomic E-state index is 0.273. The first-order chi connectivity index (χ1) is 8.72. The molecule has 2 rings (SSSR count). The average molecular weight is 243 g/mol. The summed E-state index contributed by atoms with van der Waals surface area (Å²) < 4.78 is 5.49. The van der Waals surface area contributed by atoms with Crippen molar-refractivity contribution in [1.82, 2.24) is 5.32 Å². The Labute approximate surface area is 109 Å². The minimum atomic E-state index is 0.273. The normalized spacial score (nSPS) is 14.4. The van der Waals surface area contributed by atoms with Crippen molar-refractivity contribution in [2.24, 2.45) is 0 Å². The van der Waals surface area contributed by atoms with Gasteiger partial charge in [0.15, 0.2) is 0 Å². The second-order valence-electron chi connectivity index (χ2n) is 4.72. The maximum atomic E-state index is 5.49. The Morgan fingerprint density at radius 3 is 2.56 bits per heavy atom. The van der Waals surface area contributed by atoms with Crippen LogP contribution in [0, 0.1) is 6.92 Å². The molecular weight excluding hydrogens is 222 g/mol. The molecule has 1 heterocycles. The zero-order valence-corrected chi connectivity index (χ0v) is 11.3. The maximum Gasteiger partial charge on any atom is 0.120 e. The molecule has 1 N–H and O–H groups in total. The SMILES string of the molecule is CCC(N[C@@H](C)c1ccccc1C)c1ccco1. The largest absolute Gasteiger partial charge is 0.468 e. The van der Waals surface area contributed by atoms with Crippen LogP contribution in [-0.4, -0.2) is 0 Å². The van der Waals surface area contributed by atoms with Gasteiger partial charge in [0.2, 0.25) is 0 Å². The van der Waals surface area contributed by atoms with Gasteiger partial charge in [0.1, 0.15) is 5.76 Å². The van der Waals surface area contributed by atoms with Gasteiger partial charge in [-0.2, -0.15) is 0 Å². The van der Waals surface area contributed by atoms with Gasteiger partial charge in [-0.15, -0.1) is 0 Å². The summed E-state index contributed by atoms with van der Waals surface area (Å²) >= 11 is 0. The first-order valence-corrected chi connectivity index (χ1v) is 6.57. The Morgan fingerprint density at radius 1 is 1.17 bits per heavy atom. The van der Waals surface area contributed by atoms with Crippen LogP contribution in [0.5, 0.6) is 0 Å². The van der Waals surface area contributed by atoms with Crippen LogP contribution in [0.25, 0.3) is 0 Å². The molecule has 96 valence electrons. The lowest BCUT2D eigenvalue weighted by Crippen LogP contribution is -2.24. The molecule has 0 aliphatic rings. The monoisotopic (exact) mass is 243 g/mol. The lowest BCUT2D eigenvalue weighted by atomic mass is 10.0. The van der Waals surface area contributed by atoms with Crippen molar-refractivity contribution in [3.05, 3.63) is 59.5 Å². The molecule has 1 aromatic carbocycles. The molecule has 0 amide bonds. The number of nitrogens with one attached hydrogen (secondary N) is 1. The Hall–Kier alpha value is -1.54. The molecule has 1 unspecified atom stereocenters. The number of furan rings is 1. The van der Waals surface area contributed by atoms with Crippen LogP contribution in [0.3, 0.4) is 0 Å². The third-order valence-electron chi connectivity index (χ3n) is 3.40. The molecule has 1 aromatic heterocycles. The summed E-state index contributed by atoms with van der Waals surface area (Å²) in [5.41, 5.74) is 2.68. The van der Waals surface area contributed by atoms with E-state index < -0.39 is 0 Å². The lowest BCUT2D eigenvalue weighted by Gasteiger charge is -2.22. The molecule has 0 spiro atoms. The summed E-state index contributed by atoms with van der Waals surface area (Å²) in [6, 6.07) is 13.1. The third kappa shape index (κ3) is 2.82. The predicted molar refractivity (Wildman–Crippen MR) is 74.5 cm³/mol. The van der Waals surface area contributed by atoms with Crippen molar-refractivity contribution < 1.29 is 4.42 Å². The summed E-state index contributed by atoms with van der Waals surface area (Å²) in [6.45, 7) is 6.53. The van der Waals surface area contributed by atoms with Crippen molar-refractivity contribution in [2.45, 2.75) is 39.3 Å². The number of hydrogen-bond acceptors (Lipinski definition) is 2. The van der Waals surface area contributed by atoms with E-state index in [2.05, 4.69) is 50.4 Å². The van der Waals surface area contributed by atoms with Crippen LogP contribution in [0.4, 0.5) is 0 Å². The summed E-state index contributed by atoms with van der Waals surface area (Å²) in [4.78, 5) is 0. The lowest BCUT2D eigenvalue weighted by molar-refractivity contribution is 0.376. The van der Waals surface area contributed by atoms with Gasteiger partial charge in [-0.1, -0.05) is 31.2 Å². The Kier molecular flexibility index (Phi) is 4.21. The highest BCUT2D eigenvalue weighted by atomic mass is 16.3. The van der Waals surface area contributed by atoms with Gasteiger partial charge in [-0.05, 0) is 43.5 Å². The van der Waals surface area contributed by atoms with E-state index in [1.807, 2.05) is 12.1 Å². The first-order valence-electron chi connectivity index (χ1n) is 6.57. The van der Waals surface area contributed by atoms with E-state index in [-0.39, 0.29) is 6.04 Å². The molecule has 0 radical (unpaired) electrons. The molecule has 2 atom stereocenters. The van der Waals surface area contributed by atoms with Crippen molar-refractivity contribution >= 4 is 0 Å². The van der Waals surface area contributed by atoms with Crippen molar-refractivity contribution in [3.63, 3.8) is 0 Å². The zero-order valence-electron chi connectivity index (χ0n) is 11.3. The zero-order chi connectivity index (χ0) is 13.0. The number of aryl methyl sites for hydroxylation is 1. The van der Waals surface area contributed by atoms with Gasteiger partial charge in [-0.25, -0.2) is 0 Å². The topological polar surface area (TPSA) is 25.2 Å². The highest BCUT2D eigenvalue weighted by molar-refractivity contribution is 5.28. The van der Waals surface area contributed by atoms with Crippen molar-refractivity contribution in [2.75, 3.05) is 0 Å². The molecule has 0 saturated carbocycles. The van der Waals surface area contributed by atoms with E-state index in [4.69, 9.17) is 4.42 Å². The fourth-order valence-corrected chi connectivity index (χ4v) is 2.35. The molecular formula is C16H21NO. The molecule has 2 nitrogen and oxygen atoms in total. The van der Waals surface area contributed by atoms with Crippen LogP contribution in [0.1, 0.15) is 49.2 Å². The van der Waals surface area contributed by atoms with Crippen LogP contribution in [0.2, 0.25) is 0 Å². The number of benzene rings is 1. The fourth-order valence-electron chi connectivity index (χ4n) is 2.35. The van der Waals surface area contributed by atoms with E-state index in [1.54, 1.807) is 6.26 Å². The number of rotatable bonds is 5. The van der Waals surface area contributed by atoms with Gasteiger partial charge in [0.05, 0.1) is 12.3 Å². The fraction of sp³-hybridized carbons (Fsp3) is 0.375. The highest BCUT2D eigenvalue weighted by Crippen LogP contribution is 2.23. The Balaban J connectivity index is 2.11. The third-order valence-corrected chi connectivity index (χ3v) is 3.40. The van der Waals surface area contributed by atoms with E-state index in [0.717, 1.165) is 12.2 Å². The highest BCUT2D eigenvalue weighted by Gasteiger charge is 2.16.